The molecule has 0 aliphatic carbocycles. The molecule has 0 spiro atoms. The van der Waals surface area contributed by atoms with Gasteiger partial charge < -0.3 is 5.32 Å². The number of rotatable bonds is 4. The fraction of sp³-hybridized carbons (Fsp3) is 0.190. The Morgan fingerprint density at radius 2 is 1.89 bits per heavy atom. The Hall–Kier alpha value is -3.19. The van der Waals surface area contributed by atoms with Crippen LogP contribution in [0.1, 0.15) is 11.1 Å². The summed E-state index contributed by atoms with van der Waals surface area (Å²) in [4.78, 5) is 29.6. The number of benzene rings is 2. The number of thiazole rings is 1. The molecule has 1 N–H and O–H groups in total. The summed E-state index contributed by atoms with van der Waals surface area (Å²) < 4.78 is 3.02. The molecule has 0 saturated heterocycles. The third-order valence-corrected chi connectivity index (χ3v) is 5.53. The van der Waals surface area contributed by atoms with E-state index in [0.717, 1.165) is 33.4 Å². The number of fused-ring (bicyclic) bond motifs is 1. The highest BCUT2D eigenvalue weighted by Crippen LogP contribution is 2.28. The zero-order valence-electron chi connectivity index (χ0n) is 15.9. The van der Waals surface area contributed by atoms with E-state index >= 15 is 0 Å². The maximum Gasteiger partial charge on any atom is 0.329 e. The second-order valence-corrected chi connectivity index (χ2v) is 7.68. The first-order chi connectivity index (χ1) is 13.4. The average Bonchev–Trinajstić information content (AvgIpc) is 3.23. The number of imidazole rings is 1. The van der Waals surface area contributed by atoms with Gasteiger partial charge in [-0.05, 0) is 37.6 Å². The third-order valence-electron chi connectivity index (χ3n) is 4.77. The van der Waals surface area contributed by atoms with Crippen LogP contribution >= 0.6 is 11.3 Å². The van der Waals surface area contributed by atoms with Gasteiger partial charge in [0.2, 0.25) is 5.91 Å². The highest BCUT2D eigenvalue weighted by molar-refractivity contribution is 7.14. The molecule has 0 bridgehead atoms. The summed E-state index contributed by atoms with van der Waals surface area (Å²) in [5.74, 6) is -0.277. The van der Waals surface area contributed by atoms with E-state index in [4.69, 9.17) is 0 Å². The minimum Gasteiger partial charge on any atom is -0.300 e. The van der Waals surface area contributed by atoms with Gasteiger partial charge in [-0.25, -0.2) is 9.78 Å². The molecule has 0 atom stereocenters. The van der Waals surface area contributed by atoms with E-state index in [2.05, 4.69) is 28.5 Å². The van der Waals surface area contributed by atoms with E-state index in [0.29, 0.717) is 5.13 Å². The van der Waals surface area contributed by atoms with E-state index in [1.54, 1.807) is 11.6 Å². The van der Waals surface area contributed by atoms with Gasteiger partial charge in [-0.1, -0.05) is 29.8 Å². The standard InChI is InChI=1S/C21H20N4O2S/c1-13-8-9-14(2)15(10-13)16-12-28-20(22-16)23-19(26)11-25-18-7-5-4-6-17(18)24(3)21(25)27/h4-10,12H,11H2,1-3H3,(H,22,23,26). The Morgan fingerprint density at radius 1 is 1.14 bits per heavy atom. The summed E-state index contributed by atoms with van der Waals surface area (Å²) in [5.41, 5.74) is 5.51. The first kappa shape index (κ1) is 18.2. The molecule has 4 rings (SSSR count). The van der Waals surface area contributed by atoms with Gasteiger partial charge in [-0.2, -0.15) is 0 Å². The van der Waals surface area contributed by atoms with Crippen LogP contribution in [0.25, 0.3) is 22.3 Å². The van der Waals surface area contributed by atoms with Gasteiger partial charge in [0, 0.05) is 18.0 Å². The van der Waals surface area contributed by atoms with Crippen LogP contribution < -0.4 is 11.0 Å². The van der Waals surface area contributed by atoms with Crippen molar-refractivity contribution >= 4 is 33.4 Å². The van der Waals surface area contributed by atoms with E-state index in [1.807, 2.05) is 43.5 Å². The number of amides is 1. The van der Waals surface area contributed by atoms with E-state index < -0.39 is 0 Å². The lowest BCUT2D eigenvalue weighted by atomic mass is 10.0. The van der Waals surface area contributed by atoms with Crippen LogP contribution in [0, 0.1) is 13.8 Å². The Morgan fingerprint density at radius 3 is 2.68 bits per heavy atom. The van der Waals surface area contributed by atoms with Crippen molar-refractivity contribution in [2.75, 3.05) is 5.32 Å². The molecule has 0 fully saturated rings. The molecule has 2 aromatic heterocycles. The summed E-state index contributed by atoms with van der Waals surface area (Å²) in [6, 6.07) is 13.6. The van der Waals surface area contributed by atoms with Crippen LogP contribution in [0.5, 0.6) is 0 Å². The molecule has 6 nitrogen and oxygen atoms in total. The van der Waals surface area contributed by atoms with Gasteiger partial charge in [0.15, 0.2) is 5.13 Å². The molecule has 142 valence electrons. The molecule has 1 amide bonds. The number of hydrogen-bond acceptors (Lipinski definition) is 4. The Balaban J connectivity index is 1.56. The van der Waals surface area contributed by atoms with Crippen LogP contribution in [-0.2, 0) is 18.4 Å². The van der Waals surface area contributed by atoms with Crippen molar-refractivity contribution in [2.24, 2.45) is 7.05 Å². The third kappa shape index (κ3) is 3.25. The molecule has 4 aromatic rings. The van der Waals surface area contributed by atoms with Crippen molar-refractivity contribution in [3.05, 3.63) is 69.5 Å². The number of carbonyl (C=O) groups excluding carboxylic acids is 1. The lowest BCUT2D eigenvalue weighted by Crippen LogP contribution is -2.28. The normalized spacial score (nSPS) is 11.1. The highest BCUT2D eigenvalue weighted by atomic mass is 32.1. The van der Waals surface area contributed by atoms with Crippen LogP contribution in [0.4, 0.5) is 5.13 Å². The maximum atomic E-state index is 12.5. The monoisotopic (exact) mass is 392 g/mol. The molecule has 0 aliphatic rings. The van der Waals surface area contributed by atoms with Crippen molar-refractivity contribution < 1.29 is 4.79 Å². The number of hydrogen-bond donors (Lipinski definition) is 1. The van der Waals surface area contributed by atoms with Crippen molar-refractivity contribution in [3.8, 4) is 11.3 Å². The zero-order valence-corrected chi connectivity index (χ0v) is 16.7. The number of nitrogens with zero attached hydrogens (tertiary/aromatic N) is 3. The van der Waals surface area contributed by atoms with E-state index in [9.17, 15) is 9.59 Å². The topological polar surface area (TPSA) is 68.9 Å². The van der Waals surface area contributed by atoms with Gasteiger partial charge >= 0.3 is 5.69 Å². The van der Waals surface area contributed by atoms with E-state index in [-0.39, 0.29) is 18.1 Å². The highest BCUT2D eigenvalue weighted by Gasteiger charge is 2.15. The zero-order chi connectivity index (χ0) is 19.8. The predicted molar refractivity (Wildman–Crippen MR) is 113 cm³/mol. The van der Waals surface area contributed by atoms with Gasteiger partial charge in [0.05, 0.1) is 16.7 Å². The van der Waals surface area contributed by atoms with Crippen LogP contribution in [0.15, 0.2) is 52.6 Å². The lowest BCUT2D eigenvalue weighted by molar-refractivity contribution is -0.116. The first-order valence-corrected chi connectivity index (χ1v) is 9.79. The summed E-state index contributed by atoms with van der Waals surface area (Å²) in [6.45, 7) is 4.03. The molecule has 0 unspecified atom stereocenters. The second kappa shape index (κ2) is 7.09. The summed E-state index contributed by atoms with van der Waals surface area (Å²) in [6.07, 6.45) is 0. The number of aromatic nitrogens is 3. The summed E-state index contributed by atoms with van der Waals surface area (Å²) >= 11 is 1.38. The Bertz CT molecular complexity index is 1250. The van der Waals surface area contributed by atoms with Gasteiger partial charge in [0.25, 0.3) is 0 Å². The van der Waals surface area contributed by atoms with Crippen molar-refractivity contribution in [3.63, 3.8) is 0 Å². The molecule has 7 heteroatoms. The molecular weight excluding hydrogens is 372 g/mol. The molecule has 2 heterocycles. The minimum absolute atomic E-state index is 0.0570. The fourth-order valence-electron chi connectivity index (χ4n) is 3.29. The van der Waals surface area contributed by atoms with Crippen molar-refractivity contribution in [1.82, 2.24) is 14.1 Å². The van der Waals surface area contributed by atoms with Crippen molar-refractivity contribution in [1.29, 1.82) is 0 Å². The molecule has 2 aromatic carbocycles. The molecule has 0 radical (unpaired) electrons. The first-order valence-electron chi connectivity index (χ1n) is 8.91. The number of carbonyl (C=O) groups is 1. The second-order valence-electron chi connectivity index (χ2n) is 6.82. The Labute approximate surface area is 166 Å². The summed E-state index contributed by atoms with van der Waals surface area (Å²) in [5, 5.41) is 5.27. The largest absolute Gasteiger partial charge is 0.329 e. The fourth-order valence-corrected chi connectivity index (χ4v) is 4.01. The van der Waals surface area contributed by atoms with Crippen LogP contribution in [0.3, 0.4) is 0 Å². The van der Waals surface area contributed by atoms with E-state index in [1.165, 1.54) is 15.9 Å². The van der Waals surface area contributed by atoms with Crippen LogP contribution in [-0.4, -0.2) is 20.0 Å². The molecule has 0 saturated carbocycles. The van der Waals surface area contributed by atoms with Gasteiger partial charge in [-0.15, -0.1) is 11.3 Å². The lowest BCUT2D eigenvalue weighted by Gasteiger charge is -2.05. The van der Waals surface area contributed by atoms with Crippen LogP contribution in [0.2, 0.25) is 0 Å². The number of nitrogens with one attached hydrogen (secondary N) is 1. The molecule has 28 heavy (non-hydrogen) atoms. The van der Waals surface area contributed by atoms with Crippen molar-refractivity contribution in [2.45, 2.75) is 20.4 Å². The molecular formula is C21H20N4O2S. The minimum atomic E-state index is -0.277. The number of anilines is 1. The predicted octanol–water partition coefficient (Wildman–Crippen LogP) is 3.72. The average molecular weight is 392 g/mol. The number of para-hydroxylation sites is 2. The molecule has 0 aliphatic heterocycles. The number of aryl methyl sites for hydroxylation is 3. The SMILES string of the molecule is Cc1ccc(C)c(-c2csc(NC(=O)Cn3c(=O)n(C)c4ccccc43)n2)c1. The maximum absolute atomic E-state index is 12.5. The Kier molecular flexibility index (Phi) is 4.60. The van der Waals surface area contributed by atoms with Gasteiger partial charge in [0.1, 0.15) is 6.54 Å². The summed E-state index contributed by atoms with van der Waals surface area (Å²) in [7, 11) is 1.70. The quantitative estimate of drug-likeness (QED) is 0.575. The smallest absolute Gasteiger partial charge is 0.300 e. The van der Waals surface area contributed by atoms with Gasteiger partial charge in [-0.3, -0.25) is 13.9 Å².